The van der Waals surface area contributed by atoms with Crippen molar-refractivity contribution >= 4 is 17.5 Å². The third-order valence-electron chi connectivity index (χ3n) is 3.62. The molecule has 1 heterocycles. The van der Waals surface area contributed by atoms with Crippen LogP contribution in [0.15, 0.2) is 28.7 Å². The van der Waals surface area contributed by atoms with Crippen LogP contribution in [-0.4, -0.2) is 24.0 Å². The molecule has 0 fully saturated rings. The van der Waals surface area contributed by atoms with E-state index in [2.05, 4.69) is 31.1 Å². The lowest BCUT2D eigenvalue weighted by molar-refractivity contribution is -0.123. The number of carbonyl (C=O) groups is 1. The highest BCUT2D eigenvalue weighted by molar-refractivity contribution is 6.30. The first-order valence-electron chi connectivity index (χ1n) is 8.37. The summed E-state index contributed by atoms with van der Waals surface area (Å²) in [6, 6.07) is 6.91. The van der Waals surface area contributed by atoms with Crippen LogP contribution in [0.4, 0.5) is 0 Å². The molecule has 2 rings (SSSR count). The number of aromatic nitrogens is 1. The Hall–Kier alpha value is -2.01. The van der Waals surface area contributed by atoms with E-state index in [0.29, 0.717) is 17.3 Å². The maximum atomic E-state index is 11.8. The molecule has 6 heteroatoms. The number of aryl methyl sites for hydroxylation is 2. The van der Waals surface area contributed by atoms with E-state index in [4.69, 9.17) is 20.8 Å². The first kappa shape index (κ1) is 19.3. The summed E-state index contributed by atoms with van der Waals surface area (Å²) in [4.78, 5) is 16.3. The van der Waals surface area contributed by atoms with Gasteiger partial charge in [-0.3, -0.25) is 4.79 Å². The molecule has 0 saturated carbocycles. The number of rotatable bonds is 7. The normalized spacial score (nSPS) is 11.4. The van der Waals surface area contributed by atoms with Gasteiger partial charge in [0.2, 0.25) is 0 Å². The molecule has 1 N–H and O–H groups in total. The van der Waals surface area contributed by atoms with Crippen LogP contribution in [0, 0.1) is 6.92 Å². The van der Waals surface area contributed by atoms with E-state index in [1.165, 1.54) is 0 Å². The number of hydrogen-bond acceptors (Lipinski definition) is 4. The van der Waals surface area contributed by atoms with Gasteiger partial charge < -0.3 is 14.5 Å². The van der Waals surface area contributed by atoms with Gasteiger partial charge in [0, 0.05) is 23.4 Å². The van der Waals surface area contributed by atoms with Crippen molar-refractivity contribution < 1.29 is 13.9 Å². The average Bonchev–Trinajstić information content (AvgIpc) is 2.92. The first-order chi connectivity index (χ1) is 11.8. The zero-order chi connectivity index (χ0) is 18.4. The molecule has 136 valence electrons. The third kappa shape index (κ3) is 6.09. The maximum absolute atomic E-state index is 11.8. The lowest BCUT2D eigenvalue weighted by atomic mass is 9.97. The van der Waals surface area contributed by atoms with E-state index < -0.39 is 0 Å². The minimum Gasteiger partial charge on any atom is -0.484 e. The van der Waals surface area contributed by atoms with Crippen LogP contribution in [-0.2, 0) is 16.6 Å². The molecule has 0 unspecified atom stereocenters. The minimum absolute atomic E-state index is 0.0167. The molecule has 0 radical (unpaired) electrons. The molecular weight excluding hydrogens is 340 g/mol. The Labute approximate surface area is 153 Å². The van der Waals surface area contributed by atoms with E-state index in [0.717, 1.165) is 30.2 Å². The molecule has 1 aromatic carbocycles. The minimum atomic E-state index is -0.153. The number of carbonyl (C=O) groups excluding carboxylic acids is 1. The Morgan fingerprint density at radius 3 is 2.56 bits per heavy atom. The SMILES string of the molecule is Cc1nc(C(C)(C)C)oc1CCCNC(=O)COc1ccc(Cl)cc1. The molecule has 2 aromatic rings. The molecule has 1 aromatic heterocycles. The van der Waals surface area contributed by atoms with Crippen molar-refractivity contribution in [1.82, 2.24) is 10.3 Å². The fourth-order valence-electron chi connectivity index (χ4n) is 2.19. The van der Waals surface area contributed by atoms with Crippen molar-refractivity contribution in [3.63, 3.8) is 0 Å². The average molecular weight is 365 g/mol. The molecule has 0 aliphatic rings. The summed E-state index contributed by atoms with van der Waals surface area (Å²) in [5.41, 5.74) is 0.818. The summed E-state index contributed by atoms with van der Waals surface area (Å²) in [7, 11) is 0. The Morgan fingerprint density at radius 2 is 1.96 bits per heavy atom. The Morgan fingerprint density at radius 1 is 1.28 bits per heavy atom. The maximum Gasteiger partial charge on any atom is 0.257 e. The van der Waals surface area contributed by atoms with Crippen molar-refractivity contribution in [3.05, 3.63) is 46.6 Å². The predicted molar refractivity (Wildman–Crippen MR) is 98.2 cm³/mol. The molecule has 0 saturated heterocycles. The van der Waals surface area contributed by atoms with Gasteiger partial charge in [0.15, 0.2) is 12.5 Å². The van der Waals surface area contributed by atoms with Gasteiger partial charge in [-0.15, -0.1) is 0 Å². The summed E-state index contributed by atoms with van der Waals surface area (Å²) in [5, 5.41) is 3.47. The standard InChI is InChI=1S/C19H25ClN2O3/c1-13-16(25-18(22-13)19(2,3)4)6-5-11-21-17(23)12-24-15-9-7-14(20)8-10-15/h7-10H,5-6,11-12H2,1-4H3,(H,21,23). The molecular formula is C19H25ClN2O3. The number of hydrogen-bond donors (Lipinski definition) is 1. The monoisotopic (exact) mass is 364 g/mol. The molecule has 1 amide bonds. The summed E-state index contributed by atoms with van der Waals surface area (Å²) < 4.78 is 11.2. The summed E-state index contributed by atoms with van der Waals surface area (Å²) >= 11 is 5.80. The molecule has 0 atom stereocenters. The molecule has 0 bridgehead atoms. The summed E-state index contributed by atoms with van der Waals surface area (Å²) in [6.45, 7) is 8.71. The van der Waals surface area contributed by atoms with Crippen LogP contribution in [0.25, 0.3) is 0 Å². The fraction of sp³-hybridized carbons (Fsp3) is 0.474. The van der Waals surface area contributed by atoms with Crippen LogP contribution in [0.2, 0.25) is 5.02 Å². The summed E-state index contributed by atoms with van der Waals surface area (Å²) in [5.74, 6) is 2.10. The number of ether oxygens (including phenoxy) is 1. The van der Waals surface area contributed by atoms with Gasteiger partial charge in [0.25, 0.3) is 5.91 Å². The van der Waals surface area contributed by atoms with Crippen LogP contribution < -0.4 is 10.1 Å². The van der Waals surface area contributed by atoms with Crippen LogP contribution >= 0.6 is 11.6 Å². The topological polar surface area (TPSA) is 64.4 Å². The van der Waals surface area contributed by atoms with Crippen molar-refractivity contribution in [3.8, 4) is 5.75 Å². The quantitative estimate of drug-likeness (QED) is 0.752. The number of nitrogens with one attached hydrogen (secondary N) is 1. The fourth-order valence-corrected chi connectivity index (χ4v) is 2.31. The highest BCUT2D eigenvalue weighted by atomic mass is 35.5. The van der Waals surface area contributed by atoms with Crippen LogP contribution in [0.1, 0.15) is 44.5 Å². The van der Waals surface area contributed by atoms with Gasteiger partial charge in [0.1, 0.15) is 11.5 Å². The summed E-state index contributed by atoms with van der Waals surface area (Å²) in [6.07, 6.45) is 1.53. The molecule has 0 spiro atoms. The van der Waals surface area contributed by atoms with Crippen molar-refractivity contribution in [2.45, 2.75) is 46.0 Å². The van der Waals surface area contributed by atoms with E-state index >= 15 is 0 Å². The van der Waals surface area contributed by atoms with E-state index in [1.807, 2.05) is 6.92 Å². The van der Waals surface area contributed by atoms with E-state index in [9.17, 15) is 4.79 Å². The molecule has 5 nitrogen and oxygen atoms in total. The van der Waals surface area contributed by atoms with Gasteiger partial charge in [-0.1, -0.05) is 32.4 Å². The zero-order valence-electron chi connectivity index (χ0n) is 15.2. The first-order valence-corrected chi connectivity index (χ1v) is 8.75. The Balaban J connectivity index is 1.69. The lowest BCUT2D eigenvalue weighted by Gasteiger charge is -2.12. The second-order valence-electron chi connectivity index (χ2n) is 6.97. The Kier molecular flexibility index (Phi) is 6.48. The number of amides is 1. The largest absolute Gasteiger partial charge is 0.484 e. The van der Waals surface area contributed by atoms with E-state index in [1.54, 1.807) is 24.3 Å². The number of benzene rings is 1. The third-order valence-corrected chi connectivity index (χ3v) is 3.87. The zero-order valence-corrected chi connectivity index (χ0v) is 15.9. The van der Waals surface area contributed by atoms with Gasteiger partial charge >= 0.3 is 0 Å². The van der Waals surface area contributed by atoms with Crippen LogP contribution in [0.3, 0.4) is 0 Å². The number of oxazole rings is 1. The second kappa shape index (κ2) is 8.39. The highest BCUT2D eigenvalue weighted by Crippen LogP contribution is 2.24. The van der Waals surface area contributed by atoms with Gasteiger partial charge in [-0.25, -0.2) is 4.98 Å². The van der Waals surface area contributed by atoms with E-state index in [-0.39, 0.29) is 17.9 Å². The second-order valence-corrected chi connectivity index (χ2v) is 7.41. The molecule has 25 heavy (non-hydrogen) atoms. The number of nitrogens with zero attached hydrogens (tertiary/aromatic N) is 1. The molecule has 0 aliphatic carbocycles. The predicted octanol–water partition coefficient (Wildman–Crippen LogP) is 4.06. The van der Waals surface area contributed by atoms with Crippen molar-refractivity contribution in [2.24, 2.45) is 0 Å². The van der Waals surface area contributed by atoms with Crippen LogP contribution in [0.5, 0.6) is 5.75 Å². The number of halogens is 1. The highest BCUT2D eigenvalue weighted by Gasteiger charge is 2.22. The van der Waals surface area contributed by atoms with Crippen molar-refractivity contribution in [2.75, 3.05) is 13.2 Å². The van der Waals surface area contributed by atoms with Gasteiger partial charge in [0.05, 0.1) is 5.69 Å². The van der Waals surface area contributed by atoms with Crippen molar-refractivity contribution in [1.29, 1.82) is 0 Å². The van der Waals surface area contributed by atoms with Gasteiger partial charge in [-0.2, -0.15) is 0 Å². The lowest BCUT2D eigenvalue weighted by Crippen LogP contribution is -2.29. The smallest absolute Gasteiger partial charge is 0.257 e. The Bertz CT molecular complexity index is 702. The van der Waals surface area contributed by atoms with Gasteiger partial charge in [-0.05, 0) is 37.6 Å². The molecule has 0 aliphatic heterocycles.